The lowest BCUT2D eigenvalue weighted by atomic mass is 10.0. The van der Waals surface area contributed by atoms with Crippen molar-refractivity contribution >= 4 is 5.91 Å². The molecule has 0 spiro atoms. The minimum Gasteiger partial charge on any atom is -0.394 e. The lowest BCUT2D eigenvalue weighted by molar-refractivity contribution is -0.131. The Kier molecular flexibility index (Phi) is 31.4. The number of aliphatic hydroxyl groups excluding tert-OH is 3. The van der Waals surface area contributed by atoms with Crippen LogP contribution < -0.4 is 5.32 Å². The molecule has 0 aromatic carbocycles. The maximum absolute atomic E-state index is 12.3. The van der Waals surface area contributed by atoms with Crippen molar-refractivity contribution in [2.24, 2.45) is 0 Å². The molecule has 42 heavy (non-hydrogen) atoms. The van der Waals surface area contributed by atoms with Gasteiger partial charge in [-0.05, 0) is 57.8 Å². The third-order valence-electron chi connectivity index (χ3n) is 7.95. The molecule has 0 rings (SSSR count). The van der Waals surface area contributed by atoms with Crippen molar-refractivity contribution < 1.29 is 20.1 Å². The van der Waals surface area contributed by atoms with Gasteiger partial charge in [0.05, 0.1) is 18.8 Å². The van der Waals surface area contributed by atoms with E-state index < -0.39 is 24.2 Å². The monoisotopic (exact) mass is 592 g/mol. The van der Waals surface area contributed by atoms with Crippen molar-refractivity contribution in [3.05, 3.63) is 36.5 Å². The molecule has 5 heteroatoms. The zero-order chi connectivity index (χ0) is 30.9. The molecule has 0 aliphatic heterocycles. The molecule has 0 heterocycles. The lowest BCUT2D eigenvalue weighted by Crippen LogP contribution is -2.48. The van der Waals surface area contributed by atoms with Crippen LogP contribution in [0.4, 0.5) is 0 Å². The van der Waals surface area contributed by atoms with Gasteiger partial charge in [-0.25, -0.2) is 0 Å². The summed E-state index contributed by atoms with van der Waals surface area (Å²) in [6.07, 6.45) is 38.8. The largest absolute Gasteiger partial charge is 0.394 e. The molecule has 0 saturated heterocycles. The molecule has 0 saturated carbocycles. The molecule has 246 valence electrons. The van der Waals surface area contributed by atoms with Gasteiger partial charge in [-0.2, -0.15) is 0 Å². The van der Waals surface area contributed by atoms with E-state index in [4.69, 9.17) is 0 Å². The summed E-state index contributed by atoms with van der Waals surface area (Å²) < 4.78 is 0. The molecule has 0 bridgehead atoms. The Bertz CT molecular complexity index is 660. The van der Waals surface area contributed by atoms with E-state index in [-0.39, 0.29) is 6.61 Å². The predicted octanol–water partition coefficient (Wildman–Crippen LogP) is 9.26. The molecule has 0 aliphatic carbocycles. The Morgan fingerprint density at radius 1 is 0.571 bits per heavy atom. The molecule has 1 amide bonds. The SMILES string of the molecule is CCCCC/C=C/CC/C=C/C(O)C(CO)NC(=O)C(O)CCCCCCCC/C=C\CCCCCCCCCCC. The molecule has 5 nitrogen and oxygen atoms in total. The molecule has 0 radical (unpaired) electrons. The number of hydrogen-bond acceptors (Lipinski definition) is 4. The van der Waals surface area contributed by atoms with E-state index in [0.29, 0.717) is 6.42 Å². The van der Waals surface area contributed by atoms with Crippen molar-refractivity contribution in [3.8, 4) is 0 Å². The van der Waals surface area contributed by atoms with Gasteiger partial charge in [0.25, 0.3) is 0 Å². The second-order valence-electron chi connectivity index (χ2n) is 12.1. The van der Waals surface area contributed by atoms with Crippen LogP contribution >= 0.6 is 0 Å². The summed E-state index contributed by atoms with van der Waals surface area (Å²) in [6, 6.07) is -0.813. The van der Waals surface area contributed by atoms with Crippen molar-refractivity contribution in [3.63, 3.8) is 0 Å². The lowest BCUT2D eigenvalue weighted by Gasteiger charge is -2.21. The Morgan fingerprint density at radius 2 is 0.976 bits per heavy atom. The molecule has 3 atom stereocenters. The van der Waals surface area contributed by atoms with Gasteiger partial charge in [0, 0.05) is 0 Å². The molecule has 4 N–H and O–H groups in total. The van der Waals surface area contributed by atoms with E-state index in [1.54, 1.807) is 6.08 Å². The third-order valence-corrected chi connectivity index (χ3v) is 7.95. The fourth-order valence-electron chi connectivity index (χ4n) is 5.07. The van der Waals surface area contributed by atoms with Gasteiger partial charge < -0.3 is 20.6 Å². The molecule has 0 aromatic heterocycles. The first-order valence-corrected chi connectivity index (χ1v) is 17.8. The average molecular weight is 592 g/mol. The van der Waals surface area contributed by atoms with Crippen molar-refractivity contribution in [2.75, 3.05) is 6.61 Å². The maximum atomic E-state index is 12.3. The molecule has 0 aliphatic rings. The minimum absolute atomic E-state index is 0.379. The van der Waals surface area contributed by atoms with Gasteiger partial charge in [0.1, 0.15) is 6.10 Å². The molecule has 0 aromatic rings. The van der Waals surface area contributed by atoms with Crippen LogP contribution in [0, 0.1) is 0 Å². The molecule has 3 unspecified atom stereocenters. The van der Waals surface area contributed by atoms with Crippen LogP contribution in [0.1, 0.15) is 168 Å². The summed E-state index contributed by atoms with van der Waals surface area (Å²) in [6.45, 7) is 4.09. The van der Waals surface area contributed by atoms with E-state index in [1.165, 1.54) is 109 Å². The van der Waals surface area contributed by atoms with E-state index in [1.807, 2.05) is 6.08 Å². The number of amides is 1. The zero-order valence-corrected chi connectivity index (χ0v) is 27.6. The van der Waals surface area contributed by atoms with Crippen LogP contribution in [-0.2, 0) is 4.79 Å². The van der Waals surface area contributed by atoms with Crippen LogP contribution in [0.25, 0.3) is 0 Å². The number of carbonyl (C=O) groups excluding carboxylic acids is 1. The number of rotatable bonds is 31. The highest BCUT2D eigenvalue weighted by Gasteiger charge is 2.22. The van der Waals surface area contributed by atoms with Gasteiger partial charge in [0.2, 0.25) is 5.91 Å². The number of aliphatic hydroxyl groups is 3. The van der Waals surface area contributed by atoms with Gasteiger partial charge in [0.15, 0.2) is 0 Å². The van der Waals surface area contributed by atoms with Gasteiger partial charge in [-0.15, -0.1) is 0 Å². The summed E-state index contributed by atoms with van der Waals surface area (Å²) in [7, 11) is 0. The van der Waals surface area contributed by atoms with Crippen LogP contribution in [0.5, 0.6) is 0 Å². The van der Waals surface area contributed by atoms with E-state index in [9.17, 15) is 20.1 Å². The van der Waals surface area contributed by atoms with Crippen molar-refractivity contribution in [2.45, 2.75) is 186 Å². The van der Waals surface area contributed by atoms with Crippen molar-refractivity contribution in [1.29, 1.82) is 0 Å². The van der Waals surface area contributed by atoms with E-state index in [2.05, 4.69) is 43.5 Å². The fraction of sp³-hybridized carbons (Fsp3) is 0.811. The Hall–Kier alpha value is -1.43. The first-order chi connectivity index (χ1) is 20.6. The Labute approximate surface area is 260 Å². The van der Waals surface area contributed by atoms with Crippen molar-refractivity contribution in [1.82, 2.24) is 5.32 Å². The highest BCUT2D eigenvalue weighted by atomic mass is 16.3. The third kappa shape index (κ3) is 27.4. The first kappa shape index (κ1) is 40.6. The van der Waals surface area contributed by atoms with Gasteiger partial charge in [-0.1, -0.05) is 147 Å². The fourth-order valence-corrected chi connectivity index (χ4v) is 5.07. The number of carbonyl (C=O) groups is 1. The zero-order valence-electron chi connectivity index (χ0n) is 27.6. The van der Waals surface area contributed by atoms with Gasteiger partial charge >= 0.3 is 0 Å². The first-order valence-electron chi connectivity index (χ1n) is 17.8. The summed E-state index contributed by atoms with van der Waals surface area (Å²) in [5.41, 5.74) is 0. The van der Waals surface area contributed by atoms with Crippen LogP contribution in [0.3, 0.4) is 0 Å². The van der Waals surface area contributed by atoms with Crippen LogP contribution in [-0.4, -0.2) is 46.1 Å². The number of hydrogen-bond donors (Lipinski definition) is 4. The summed E-state index contributed by atoms with van der Waals surface area (Å²) in [5, 5.41) is 32.8. The molecular formula is C37H69NO4. The second kappa shape index (κ2) is 32.5. The molecule has 0 fully saturated rings. The molecular weight excluding hydrogens is 522 g/mol. The normalized spacial score (nSPS) is 14.3. The van der Waals surface area contributed by atoms with E-state index in [0.717, 1.165) is 38.5 Å². The van der Waals surface area contributed by atoms with E-state index >= 15 is 0 Å². The minimum atomic E-state index is -1.11. The Morgan fingerprint density at radius 3 is 1.50 bits per heavy atom. The second-order valence-corrected chi connectivity index (χ2v) is 12.1. The standard InChI is InChI=1S/C37H69NO4/c1-3-5-7-9-11-13-14-15-16-17-18-19-20-21-22-24-26-28-30-32-36(41)37(42)38-34(33-39)35(40)31-29-27-25-23-12-10-8-6-4-2/h12,18-19,23,29,31,34-36,39-41H,3-11,13-17,20-22,24-28,30,32-33H2,1-2H3,(H,38,42)/b19-18-,23-12+,31-29+. The number of nitrogens with one attached hydrogen (secondary N) is 1. The highest BCUT2D eigenvalue weighted by molar-refractivity contribution is 5.80. The smallest absolute Gasteiger partial charge is 0.249 e. The summed E-state index contributed by atoms with van der Waals surface area (Å²) >= 11 is 0. The topological polar surface area (TPSA) is 89.8 Å². The predicted molar refractivity (Wildman–Crippen MR) is 181 cm³/mol. The maximum Gasteiger partial charge on any atom is 0.249 e. The number of allylic oxidation sites excluding steroid dienone is 5. The average Bonchev–Trinajstić information content (AvgIpc) is 2.99. The Balaban J connectivity index is 3.74. The van der Waals surface area contributed by atoms with Crippen LogP contribution in [0.15, 0.2) is 36.5 Å². The summed E-state index contributed by atoms with van der Waals surface area (Å²) in [5.74, 6) is -0.522. The summed E-state index contributed by atoms with van der Waals surface area (Å²) in [4.78, 5) is 12.3. The number of unbranched alkanes of at least 4 members (excludes halogenated alkanes) is 19. The quantitative estimate of drug-likeness (QED) is 0.0478. The van der Waals surface area contributed by atoms with Crippen LogP contribution in [0.2, 0.25) is 0 Å². The van der Waals surface area contributed by atoms with Gasteiger partial charge in [-0.3, -0.25) is 4.79 Å². The highest BCUT2D eigenvalue weighted by Crippen LogP contribution is 2.13.